The molecule has 0 radical (unpaired) electrons. The van der Waals surface area contributed by atoms with Crippen LogP contribution in [0.2, 0.25) is 10.0 Å². The van der Waals surface area contributed by atoms with Crippen LogP contribution in [0.4, 0.5) is 0 Å². The van der Waals surface area contributed by atoms with Crippen LogP contribution in [0, 0.1) is 15.3 Å². The molecule has 0 N–H and O–H groups in total. The third-order valence-corrected chi connectivity index (χ3v) is 3.70. The molecule has 0 amide bonds. The smallest absolute Gasteiger partial charge is 0.356 e. The molecule has 1 aromatic carbocycles. The molecule has 124 valence electrons. The Hall–Kier alpha value is -1.95. The van der Waals surface area contributed by atoms with Gasteiger partial charge in [0.05, 0.1) is 11.6 Å². The van der Waals surface area contributed by atoms with E-state index in [1.165, 1.54) is 0 Å². The van der Waals surface area contributed by atoms with Crippen LogP contribution in [0.25, 0.3) is 0 Å². The lowest BCUT2D eigenvalue weighted by atomic mass is 9.93. The van der Waals surface area contributed by atoms with Crippen LogP contribution in [0.3, 0.4) is 0 Å². The third-order valence-electron chi connectivity index (χ3n) is 3.14. The molecular formula is C14H16Cl2N4O3. The highest BCUT2D eigenvalue weighted by atomic mass is 35.5. The molecule has 7 nitrogen and oxygen atoms in total. The predicted octanol–water partition coefficient (Wildman–Crippen LogP) is 4.19. The van der Waals surface area contributed by atoms with Gasteiger partial charge in [0.25, 0.3) is 6.34 Å². The number of hydrogen-bond acceptors (Lipinski definition) is 6. The first kappa shape index (κ1) is 19.1. The van der Waals surface area contributed by atoms with Crippen molar-refractivity contribution in [2.45, 2.75) is 32.1 Å². The van der Waals surface area contributed by atoms with E-state index in [1.807, 2.05) is 12.1 Å². The van der Waals surface area contributed by atoms with Crippen LogP contribution in [-0.2, 0) is 0 Å². The van der Waals surface area contributed by atoms with E-state index >= 15 is 0 Å². The maximum atomic E-state index is 8.25. The summed E-state index contributed by atoms with van der Waals surface area (Å²) in [6, 6.07) is 5.69. The van der Waals surface area contributed by atoms with Gasteiger partial charge < -0.3 is 15.3 Å². The predicted molar refractivity (Wildman–Crippen MR) is 91.7 cm³/mol. The highest BCUT2D eigenvalue weighted by molar-refractivity contribution is 6.35. The lowest BCUT2D eigenvalue weighted by molar-refractivity contribution is -0.402. The topological polar surface area (TPSA) is 94.2 Å². The summed E-state index contributed by atoms with van der Waals surface area (Å²) in [5.41, 5.74) is 1.12. The fourth-order valence-corrected chi connectivity index (χ4v) is 2.71. The molecule has 1 unspecified atom stereocenters. The van der Waals surface area contributed by atoms with Gasteiger partial charge in [-0.2, -0.15) is 0 Å². The molecule has 0 saturated heterocycles. The Morgan fingerprint density at radius 1 is 1.39 bits per heavy atom. The average molecular weight is 359 g/mol. The van der Waals surface area contributed by atoms with E-state index < -0.39 is 5.09 Å². The number of hydrazone groups is 1. The van der Waals surface area contributed by atoms with Gasteiger partial charge in [0.1, 0.15) is 0 Å². The van der Waals surface area contributed by atoms with Crippen molar-refractivity contribution in [1.29, 1.82) is 0 Å². The first-order valence-corrected chi connectivity index (χ1v) is 7.71. The van der Waals surface area contributed by atoms with E-state index in [9.17, 15) is 0 Å². The van der Waals surface area contributed by atoms with E-state index in [0.29, 0.717) is 10.9 Å². The second-order valence-corrected chi connectivity index (χ2v) is 5.64. The van der Waals surface area contributed by atoms with Crippen LogP contribution in [0.1, 0.15) is 37.7 Å². The van der Waals surface area contributed by atoms with Crippen molar-refractivity contribution in [3.05, 3.63) is 49.1 Å². The normalized spacial score (nSPS) is 13.3. The monoisotopic (exact) mass is 358 g/mol. The Labute approximate surface area is 144 Å². The molecule has 1 heterocycles. The third kappa shape index (κ3) is 7.23. The van der Waals surface area contributed by atoms with Gasteiger partial charge in [-0.1, -0.05) is 49.0 Å². The summed E-state index contributed by atoms with van der Waals surface area (Å²) >= 11 is 12.3. The summed E-state index contributed by atoms with van der Waals surface area (Å²) in [4.78, 5) is 12.1. The second-order valence-electron chi connectivity index (χ2n) is 4.80. The summed E-state index contributed by atoms with van der Waals surface area (Å²) < 4.78 is 0. The first-order valence-electron chi connectivity index (χ1n) is 6.96. The van der Waals surface area contributed by atoms with Gasteiger partial charge in [0.15, 0.2) is 0 Å². The minimum absolute atomic E-state index is 0.319. The number of rotatable bonds is 6. The van der Waals surface area contributed by atoms with Crippen LogP contribution in [-0.4, -0.2) is 29.3 Å². The number of nitrogens with zero attached hydrogens (tertiary/aromatic N) is 4. The molecular weight excluding hydrogens is 343 g/mol. The average Bonchev–Trinajstić information content (AvgIpc) is 2.96. The van der Waals surface area contributed by atoms with E-state index in [0.717, 1.165) is 36.4 Å². The molecule has 0 aliphatic carbocycles. The van der Waals surface area contributed by atoms with Crippen LogP contribution < -0.4 is 0 Å². The largest absolute Gasteiger partial charge is 0.371 e. The van der Waals surface area contributed by atoms with Gasteiger partial charge >= 0.3 is 6.34 Å². The maximum Gasteiger partial charge on any atom is 0.371 e. The Balaban J connectivity index is 0.000000593. The Bertz CT molecular complexity index is 565. The van der Waals surface area contributed by atoms with Crippen LogP contribution >= 0.6 is 23.2 Å². The van der Waals surface area contributed by atoms with Crippen molar-refractivity contribution >= 4 is 35.9 Å². The number of halogens is 2. The second kappa shape index (κ2) is 9.94. The van der Waals surface area contributed by atoms with Gasteiger partial charge in [0, 0.05) is 26.1 Å². The van der Waals surface area contributed by atoms with Gasteiger partial charge in [0.2, 0.25) is 0 Å². The van der Waals surface area contributed by atoms with E-state index in [2.05, 4.69) is 23.4 Å². The lowest BCUT2D eigenvalue weighted by Gasteiger charge is -2.19. The van der Waals surface area contributed by atoms with Gasteiger partial charge in [-0.3, -0.25) is 0 Å². The van der Waals surface area contributed by atoms with Crippen molar-refractivity contribution < 1.29 is 5.09 Å². The van der Waals surface area contributed by atoms with Gasteiger partial charge in [-0.25, -0.2) is 0 Å². The zero-order valence-corrected chi connectivity index (χ0v) is 14.0. The fourth-order valence-electron chi connectivity index (χ4n) is 2.14. The zero-order chi connectivity index (χ0) is 17.2. The summed E-state index contributed by atoms with van der Waals surface area (Å²) in [5, 5.41) is 22.0. The summed E-state index contributed by atoms with van der Waals surface area (Å²) in [7, 11) is 0. The molecule has 9 heteroatoms. The molecule has 0 saturated carbocycles. The summed E-state index contributed by atoms with van der Waals surface area (Å²) in [6.45, 7) is 2.95. The number of benzene rings is 1. The van der Waals surface area contributed by atoms with Gasteiger partial charge in [-0.15, -0.1) is 5.01 Å². The Morgan fingerprint density at radius 2 is 2.09 bits per heavy atom. The van der Waals surface area contributed by atoms with Crippen molar-refractivity contribution in [2.24, 2.45) is 10.1 Å². The molecule has 1 aliphatic rings. The standard InChI is InChI=1S/C14H16Cl2N3.NO3/c1-2-3-4-11(8-19-10-17-9-18-19)13-6-5-12(15)7-14(13)16;2-1(3)4/h5-7,10-11H,2-4,8H2,1H3;/q+1;-1. The first-order chi connectivity index (χ1) is 10.9. The van der Waals surface area contributed by atoms with E-state index in [1.54, 1.807) is 17.4 Å². The summed E-state index contributed by atoms with van der Waals surface area (Å²) in [6.07, 6.45) is 7.64. The number of aliphatic imine (C=N–C) groups is 1. The van der Waals surface area contributed by atoms with Crippen LogP contribution in [0.5, 0.6) is 0 Å². The quantitative estimate of drug-likeness (QED) is 0.432. The molecule has 1 aliphatic heterocycles. The molecule has 23 heavy (non-hydrogen) atoms. The molecule has 2 rings (SSSR count). The number of unbranched alkanes of at least 4 members (excludes halogenated alkanes) is 1. The van der Waals surface area contributed by atoms with Crippen molar-refractivity contribution in [3.8, 4) is 0 Å². The molecule has 1 aromatic rings. The lowest BCUT2D eigenvalue weighted by Crippen LogP contribution is -2.21. The summed E-state index contributed by atoms with van der Waals surface area (Å²) in [5.74, 6) is 0.319. The SMILES string of the molecule is CCCCC(CN1C=N[C+]=N1)c1ccc(Cl)cc1Cl.O=[N+]([O-])[O-]. The fraction of sp³-hybridized carbons (Fsp3) is 0.429. The Kier molecular flexibility index (Phi) is 8.26. The highest BCUT2D eigenvalue weighted by Gasteiger charge is 2.21. The molecule has 1 atom stereocenters. The van der Waals surface area contributed by atoms with E-state index in [-0.39, 0.29) is 0 Å². The number of hydrogen-bond donors (Lipinski definition) is 0. The molecule has 0 bridgehead atoms. The van der Waals surface area contributed by atoms with Gasteiger partial charge in [-0.05, 0) is 24.1 Å². The molecule has 0 aromatic heterocycles. The van der Waals surface area contributed by atoms with Crippen molar-refractivity contribution in [3.63, 3.8) is 0 Å². The maximum absolute atomic E-state index is 8.25. The van der Waals surface area contributed by atoms with Crippen molar-refractivity contribution in [1.82, 2.24) is 5.01 Å². The highest BCUT2D eigenvalue weighted by Crippen LogP contribution is 2.31. The van der Waals surface area contributed by atoms with Crippen molar-refractivity contribution in [2.75, 3.05) is 6.54 Å². The molecule has 0 fully saturated rings. The zero-order valence-electron chi connectivity index (χ0n) is 12.5. The molecule has 0 spiro atoms. The minimum Gasteiger partial charge on any atom is -0.356 e. The van der Waals surface area contributed by atoms with Crippen LogP contribution in [0.15, 0.2) is 28.3 Å². The Morgan fingerprint density at radius 3 is 2.61 bits per heavy atom. The van der Waals surface area contributed by atoms with E-state index in [4.69, 9.17) is 38.5 Å². The minimum atomic E-state index is -1.75.